The van der Waals surface area contributed by atoms with Crippen LogP contribution in [0.2, 0.25) is 0 Å². The molecule has 0 radical (unpaired) electrons. The van der Waals surface area contributed by atoms with Crippen molar-refractivity contribution >= 4 is 38.9 Å². The van der Waals surface area contributed by atoms with E-state index in [1.54, 1.807) is 0 Å². The normalized spacial score (nSPS) is 23.1. The minimum atomic E-state index is 0.0517. The number of thiophene rings is 1. The summed E-state index contributed by atoms with van der Waals surface area (Å²) in [5.74, 6) is 0.176. The van der Waals surface area contributed by atoms with E-state index in [9.17, 15) is 4.79 Å². The summed E-state index contributed by atoms with van der Waals surface area (Å²) in [6, 6.07) is 1.84. The van der Waals surface area contributed by atoms with Crippen molar-refractivity contribution in [2.75, 3.05) is 13.1 Å². The minimum absolute atomic E-state index is 0.0517. The largest absolute Gasteiger partial charge is 0.411 e. The second-order valence-electron chi connectivity index (χ2n) is 4.13. The SMILES string of the molecule is CC1CN(C(=O)c2csc(Br)c2)CCC1=NO. The fraction of sp³-hybridized carbons (Fsp3) is 0.455. The molecule has 1 saturated heterocycles. The first-order valence-electron chi connectivity index (χ1n) is 5.36. The Bertz CT molecular complexity index is 458. The quantitative estimate of drug-likeness (QED) is 0.640. The number of likely N-dealkylation sites (tertiary alicyclic amines) is 1. The Hall–Kier alpha value is -0.880. The number of rotatable bonds is 1. The maximum atomic E-state index is 12.2. The molecule has 17 heavy (non-hydrogen) atoms. The smallest absolute Gasteiger partial charge is 0.254 e. The molecule has 6 heteroatoms. The summed E-state index contributed by atoms with van der Waals surface area (Å²) in [6.07, 6.45) is 0.648. The van der Waals surface area contributed by atoms with Gasteiger partial charge in [0.05, 0.1) is 15.1 Å². The zero-order valence-electron chi connectivity index (χ0n) is 9.39. The molecule has 1 aliphatic heterocycles. The molecule has 92 valence electrons. The van der Waals surface area contributed by atoms with Gasteiger partial charge in [0, 0.05) is 30.8 Å². The standard InChI is InChI=1S/C11H13BrN2O2S/c1-7-5-14(3-2-9(7)13-16)11(15)8-4-10(12)17-6-8/h4,6-7,16H,2-3,5H2,1H3. The molecule has 2 rings (SSSR count). The maximum absolute atomic E-state index is 12.2. The number of piperidine rings is 1. The maximum Gasteiger partial charge on any atom is 0.254 e. The lowest BCUT2D eigenvalue weighted by Gasteiger charge is -2.31. The summed E-state index contributed by atoms with van der Waals surface area (Å²) in [4.78, 5) is 14.0. The predicted octanol–water partition coefficient (Wildman–Crippen LogP) is 2.82. The molecule has 2 heterocycles. The molecule has 1 N–H and O–H groups in total. The Morgan fingerprint density at radius 2 is 2.47 bits per heavy atom. The van der Waals surface area contributed by atoms with E-state index in [-0.39, 0.29) is 11.8 Å². The zero-order valence-corrected chi connectivity index (χ0v) is 11.8. The van der Waals surface area contributed by atoms with Gasteiger partial charge in [0.15, 0.2) is 0 Å². The Labute approximate surface area is 112 Å². The third kappa shape index (κ3) is 2.69. The molecular formula is C11H13BrN2O2S. The first kappa shape index (κ1) is 12.6. The van der Waals surface area contributed by atoms with Crippen LogP contribution < -0.4 is 0 Å². The van der Waals surface area contributed by atoms with Gasteiger partial charge in [-0.15, -0.1) is 11.3 Å². The van der Waals surface area contributed by atoms with E-state index in [1.165, 1.54) is 11.3 Å². The lowest BCUT2D eigenvalue weighted by molar-refractivity contribution is 0.0734. The number of carbonyl (C=O) groups is 1. The molecule has 0 bridgehead atoms. The van der Waals surface area contributed by atoms with Crippen LogP contribution in [0.15, 0.2) is 20.4 Å². The highest BCUT2D eigenvalue weighted by Gasteiger charge is 2.26. The Morgan fingerprint density at radius 3 is 3.00 bits per heavy atom. The molecule has 1 aromatic rings. The van der Waals surface area contributed by atoms with E-state index < -0.39 is 0 Å². The van der Waals surface area contributed by atoms with Crippen LogP contribution in [0, 0.1) is 5.92 Å². The first-order valence-corrected chi connectivity index (χ1v) is 7.03. The van der Waals surface area contributed by atoms with Gasteiger partial charge in [-0.05, 0) is 22.0 Å². The Kier molecular flexibility index (Phi) is 3.83. The summed E-state index contributed by atoms with van der Waals surface area (Å²) in [6.45, 7) is 3.21. The van der Waals surface area contributed by atoms with E-state index in [2.05, 4.69) is 21.1 Å². The summed E-state index contributed by atoms with van der Waals surface area (Å²) in [5.41, 5.74) is 1.50. The number of hydrogen-bond acceptors (Lipinski definition) is 4. The molecule has 4 nitrogen and oxygen atoms in total. The van der Waals surface area contributed by atoms with E-state index in [0.717, 1.165) is 15.1 Å². The van der Waals surface area contributed by atoms with Crippen molar-refractivity contribution in [1.29, 1.82) is 0 Å². The Balaban J connectivity index is 2.07. The van der Waals surface area contributed by atoms with Gasteiger partial charge in [-0.2, -0.15) is 0 Å². The molecule has 0 aliphatic carbocycles. The molecule has 1 aliphatic rings. The van der Waals surface area contributed by atoms with Gasteiger partial charge in [-0.3, -0.25) is 4.79 Å². The number of halogens is 1. The van der Waals surface area contributed by atoms with Crippen molar-refractivity contribution in [3.63, 3.8) is 0 Å². The van der Waals surface area contributed by atoms with Crippen LogP contribution in [0.3, 0.4) is 0 Å². The third-order valence-electron chi connectivity index (χ3n) is 2.93. The molecule has 1 fully saturated rings. The van der Waals surface area contributed by atoms with E-state index in [1.807, 2.05) is 23.3 Å². The van der Waals surface area contributed by atoms with Crippen molar-refractivity contribution in [2.45, 2.75) is 13.3 Å². The summed E-state index contributed by atoms with van der Waals surface area (Å²) in [5, 5.41) is 13.9. The van der Waals surface area contributed by atoms with Gasteiger partial charge in [-0.1, -0.05) is 12.1 Å². The van der Waals surface area contributed by atoms with Gasteiger partial charge in [0.2, 0.25) is 0 Å². The van der Waals surface area contributed by atoms with Crippen molar-refractivity contribution in [3.8, 4) is 0 Å². The Morgan fingerprint density at radius 1 is 1.71 bits per heavy atom. The lowest BCUT2D eigenvalue weighted by atomic mass is 9.97. The number of nitrogens with zero attached hydrogens (tertiary/aromatic N) is 2. The van der Waals surface area contributed by atoms with Crippen LogP contribution in [0.1, 0.15) is 23.7 Å². The van der Waals surface area contributed by atoms with Crippen LogP contribution in [0.4, 0.5) is 0 Å². The number of oxime groups is 1. The fourth-order valence-corrected chi connectivity index (χ4v) is 3.09. The van der Waals surface area contributed by atoms with Crippen LogP contribution >= 0.6 is 27.3 Å². The number of amides is 1. The topological polar surface area (TPSA) is 52.9 Å². The van der Waals surface area contributed by atoms with E-state index in [4.69, 9.17) is 5.21 Å². The second-order valence-corrected chi connectivity index (χ2v) is 6.42. The fourth-order valence-electron chi connectivity index (χ4n) is 1.96. The summed E-state index contributed by atoms with van der Waals surface area (Å²) >= 11 is 4.86. The summed E-state index contributed by atoms with van der Waals surface area (Å²) in [7, 11) is 0. The highest BCUT2D eigenvalue weighted by Crippen LogP contribution is 2.23. The minimum Gasteiger partial charge on any atom is -0.411 e. The van der Waals surface area contributed by atoms with Gasteiger partial charge >= 0.3 is 0 Å². The molecule has 1 unspecified atom stereocenters. The van der Waals surface area contributed by atoms with Crippen molar-refractivity contribution < 1.29 is 10.0 Å². The van der Waals surface area contributed by atoms with E-state index >= 15 is 0 Å². The van der Waals surface area contributed by atoms with Crippen LogP contribution in [0.5, 0.6) is 0 Å². The number of carbonyl (C=O) groups excluding carboxylic acids is 1. The zero-order chi connectivity index (χ0) is 12.4. The highest BCUT2D eigenvalue weighted by molar-refractivity contribution is 9.11. The molecule has 0 spiro atoms. The van der Waals surface area contributed by atoms with Crippen LogP contribution in [-0.4, -0.2) is 34.8 Å². The molecule has 1 amide bonds. The molecule has 1 atom stereocenters. The molecule has 1 aromatic heterocycles. The third-order valence-corrected chi connectivity index (χ3v) is 4.44. The molecule has 0 saturated carbocycles. The molecule has 0 aromatic carbocycles. The van der Waals surface area contributed by atoms with Crippen LogP contribution in [0.25, 0.3) is 0 Å². The van der Waals surface area contributed by atoms with Gasteiger partial charge < -0.3 is 10.1 Å². The second kappa shape index (κ2) is 5.18. The highest BCUT2D eigenvalue weighted by atomic mass is 79.9. The van der Waals surface area contributed by atoms with Crippen molar-refractivity contribution in [1.82, 2.24) is 4.90 Å². The average molecular weight is 317 g/mol. The van der Waals surface area contributed by atoms with Crippen molar-refractivity contribution in [2.24, 2.45) is 11.1 Å². The number of hydrogen-bond donors (Lipinski definition) is 1. The van der Waals surface area contributed by atoms with Crippen LogP contribution in [-0.2, 0) is 0 Å². The van der Waals surface area contributed by atoms with Gasteiger partial charge in [-0.25, -0.2) is 0 Å². The van der Waals surface area contributed by atoms with Crippen molar-refractivity contribution in [3.05, 3.63) is 20.8 Å². The first-order chi connectivity index (χ1) is 8.11. The van der Waals surface area contributed by atoms with E-state index in [0.29, 0.717) is 19.5 Å². The average Bonchev–Trinajstić information content (AvgIpc) is 2.75. The monoisotopic (exact) mass is 316 g/mol. The lowest BCUT2D eigenvalue weighted by Crippen LogP contribution is -2.43. The molecular weight excluding hydrogens is 304 g/mol. The predicted molar refractivity (Wildman–Crippen MR) is 70.9 cm³/mol. The van der Waals surface area contributed by atoms with Gasteiger partial charge in [0.25, 0.3) is 5.91 Å². The van der Waals surface area contributed by atoms with Gasteiger partial charge in [0.1, 0.15) is 0 Å². The summed E-state index contributed by atoms with van der Waals surface area (Å²) < 4.78 is 0.962.